The van der Waals surface area contributed by atoms with Crippen molar-refractivity contribution in [3.8, 4) is 0 Å². The third-order valence-corrected chi connectivity index (χ3v) is 4.32. The Labute approximate surface area is 128 Å². The molecule has 0 radical (unpaired) electrons. The number of nitrogens with one attached hydrogen (secondary N) is 1. The lowest BCUT2D eigenvalue weighted by Crippen LogP contribution is -2.46. The number of anilines is 1. The predicted octanol–water partition coefficient (Wildman–Crippen LogP) is 3.03. The molecule has 1 aliphatic rings. The molecule has 1 unspecified atom stereocenters. The molecule has 1 heterocycles. The minimum absolute atomic E-state index is 0.147. The standard InChI is InChI=1S/C17H28FN3/c1-4-8-19-14(3)16-13-15(18)6-7-17(16)21-11-9-20(5-2)10-12-21/h6-7,13-14,19H,4-5,8-12H2,1-3H3. The summed E-state index contributed by atoms with van der Waals surface area (Å²) in [6, 6.07) is 5.39. The smallest absolute Gasteiger partial charge is 0.123 e. The average molecular weight is 293 g/mol. The zero-order valence-corrected chi connectivity index (χ0v) is 13.5. The fourth-order valence-corrected chi connectivity index (χ4v) is 2.94. The van der Waals surface area contributed by atoms with Crippen molar-refractivity contribution in [2.45, 2.75) is 33.2 Å². The van der Waals surface area contributed by atoms with Crippen LogP contribution in [0.25, 0.3) is 0 Å². The molecule has 1 N–H and O–H groups in total. The van der Waals surface area contributed by atoms with E-state index >= 15 is 0 Å². The Bertz CT molecular complexity index is 442. The van der Waals surface area contributed by atoms with Gasteiger partial charge in [-0.1, -0.05) is 13.8 Å². The largest absolute Gasteiger partial charge is 0.369 e. The molecule has 1 aromatic rings. The molecule has 0 saturated carbocycles. The first kappa shape index (κ1) is 16.2. The number of hydrogen-bond donors (Lipinski definition) is 1. The first-order valence-electron chi connectivity index (χ1n) is 8.15. The van der Waals surface area contributed by atoms with Gasteiger partial charge in [0.25, 0.3) is 0 Å². The van der Waals surface area contributed by atoms with Crippen molar-refractivity contribution in [1.82, 2.24) is 10.2 Å². The van der Waals surface area contributed by atoms with Gasteiger partial charge < -0.3 is 15.1 Å². The van der Waals surface area contributed by atoms with E-state index in [1.165, 1.54) is 5.69 Å². The van der Waals surface area contributed by atoms with Crippen molar-refractivity contribution in [2.24, 2.45) is 0 Å². The number of benzene rings is 1. The second-order valence-electron chi connectivity index (χ2n) is 5.80. The number of nitrogens with zero attached hydrogens (tertiary/aromatic N) is 2. The summed E-state index contributed by atoms with van der Waals surface area (Å²) < 4.78 is 13.7. The second-order valence-corrected chi connectivity index (χ2v) is 5.80. The highest BCUT2D eigenvalue weighted by Gasteiger charge is 2.20. The van der Waals surface area contributed by atoms with Gasteiger partial charge in [-0.3, -0.25) is 0 Å². The molecule has 0 spiro atoms. The lowest BCUT2D eigenvalue weighted by Gasteiger charge is -2.37. The van der Waals surface area contributed by atoms with Gasteiger partial charge in [0, 0.05) is 37.9 Å². The first-order valence-corrected chi connectivity index (χ1v) is 8.15. The quantitative estimate of drug-likeness (QED) is 0.870. The molecule has 0 amide bonds. The Kier molecular flexibility index (Phi) is 6.00. The van der Waals surface area contributed by atoms with Crippen LogP contribution in [0.5, 0.6) is 0 Å². The van der Waals surface area contributed by atoms with Crippen LogP contribution in [-0.2, 0) is 0 Å². The molecular formula is C17H28FN3. The van der Waals surface area contributed by atoms with Crippen LogP contribution in [0.2, 0.25) is 0 Å². The normalized spacial score (nSPS) is 18.0. The minimum atomic E-state index is -0.147. The van der Waals surface area contributed by atoms with Gasteiger partial charge in [-0.25, -0.2) is 4.39 Å². The fraction of sp³-hybridized carbons (Fsp3) is 0.647. The predicted molar refractivity (Wildman–Crippen MR) is 87.4 cm³/mol. The summed E-state index contributed by atoms with van der Waals surface area (Å²) in [7, 11) is 0. The number of piperazine rings is 1. The third-order valence-electron chi connectivity index (χ3n) is 4.32. The van der Waals surface area contributed by atoms with Gasteiger partial charge in [0.15, 0.2) is 0 Å². The van der Waals surface area contributed by atoms with Crippen LogP contribution in [0.15, 0.2) is 18.2 Å². The molecular weight excluding hydrogens is 265 g/mol. The van der Waals surface area contributed by atoms with E-state index in [-0.39, 0.29) is 11.9 Å². The molecule has 0 bridgehead atoms. The van der Waals surface area contributed by atoms with Gasteiger partial charge in [0.1, 0.15) is 5.82 Å². The molecule has 0 aromatic heterocycles. The lowest BCUT2D eigenvalue weighted by atomic mass is 10.0. The van der Waals surface area contributed by atoms with Crippen LogP contribution in [0.1, 0.15) is 38.8 Å². The van der Waals surface area contributed by atoms with E-state index in [0.717, 1.165) is 51.3 Å². The van der Waals surface area contributed by atoms with Gasteiger partial charge >= 0.3 is 0 Å². The monoisotopic (exact) mass is 293 g/mol. The van der Waals surface area contributed by atoms with Crippen LogP contribution >= 0.6 is 0 Å². The number of halogens is 1. The van der Waals surface area contributed by atoms with Crippen LogP contribution in [0.3, 0.4) is 0 Å². The molecule has 21 heavy (non-hydrogen) atoms. The molecule has 2 rings (SSSR count). The van der Waals surface area contributed by atoms with E-state index in [1.54, 1.807) is 12.1 Å². The van der Waals surface area contributed by atoms with Gasteiger partial charge in [0.05, 0.1) is 0 Å². The van der Waals surface area contributed by atoms with Crippen LogP contribution in [0, 0.1) is 5.82 Å². The third kappa shape index (κ3) is 4.17. The topological polar surface area (TPSA) is 18.5 Å². The SMILES string of the molecule is CCCNC(C)c1cc(F)ccc1N1CCN(CC)CC1. The van der Waals surface area contributed by atoms with Gasteiger partial charge in [-0.15, -0.1) is 0 Å². The van der Waals surface area contributed by atoms with Crippen LogP contribution in [-0.4, -0.2) is 44.2 Å². The van der Waals surface area contributed by atoms with E-state index in [2.05, 4.69) is 35.9 Å². The highest BCUT2D eigenvalue weighted by atomic mass is 19.1. The Morgan fingerprint density at radius 1 is 1.19 bits per heavy atom. The maximum absolute atomic E-state index is 13.7. The maximum atomic E-state index is 13.7. The van der Waals surface area contributed by atoms with Crippen molar-refractivity contribution in [2.75, 3.05) is 44.2 Å². The van der Waals surface area contributed by atoms with Crippen molar-refractivity contribution < 1.29 is 4.39 Å². The molecule has 1 atom stereocenters. The fourth-order valence-electron chi connectivity index (χ4n) is 2.94. The maximum Gasteiger partial charge on any atom is 0.123 e. The Hall–Kier alpha value is -1.13. The highest BCUT2D eigenvalue weighted by Crippen LogP contribution is 2.28. The van der Waals surface area contributed by atoms with E-state index in [4.69, 9.17) is 0 Å². The minimum Gasteiger partial charge on any atom is -0.369 e. The summed E-state index contributed by atoms with van der Waals surface area (Å²) >= 11 is 0. The van der Waals surface area contributed by atoms with Crippen LogP contribution in [0.4, 0.5) is 10.1 Å². The Balaban J connectivity index is 2.15. The summed E-state index contributed by atoms with van der Waals surface area (Å²) in [5.74, 6) is -0.147. The molecule has 4 heteroatoms. The molecule has 1 aromatic carbocycles. The van der Waals surface area contributed by atoms with E-state index in [0.29, 0.717) is 0 Å². The first-order chi connectivity index (χ1) is 10.2. The summed E-state index contributed by atoms with van der Waals surface area (Å²) in [5.41, 5.74) is 2.26. The van der Waals surface area contributed by atoms with E-state index in [1.807, 2.05) is 6.07 Å². The van der Waals surface area contributed by atoms with Gasteiger partial charge in [-0.2, -0.15) is 0 Å². The highest BCUT2D eigenvalue weighted by molar-refractivity contribution is 5.55. The second kappa shape index (κ2) is 7.76. The number of hydrogen-bond acceptors (Lipinski definition) is 3. The molecule has 1 aliphatic heterocycles. The Morgan fingerprint density at radius 2 is 1.90 bits per heavy atom. The average Bonchev–Trinajstić information content (AvgIpc) is 2.52. The zero-order valence-electron chi connectivity index (χ0n) is 13.5. The van der Waals surface area contributed by atoms with Crippen molar-refractivity contribution >= 4 is 5.69 Å². The molecule has 3 nitrogen and oxygen atoms in total. The molecule has 1 fully saturated rings. The molecule has 1 saturated heterocycles. The van der Waals surface area contributed by atoms with E-state index < -0.39 is 0 Å². The van der Waals surface area contributed by atoms with Crippen LogP contribution < -0.4 is 10.2 Å². The molecule has 0 aliphatic carbocycles. The van der Waals surface area contributed by atoms with E-state index in [9.17, 15) is 4.39 Å². The Morgan fingerprint density at radius 3 is 2.52 bits per heavy atom. The number of rotatable bonds is 6. The molecule has 118 valence electrons. The van der Waals surface area contributed by atoms with Gasteiger partial charge in [0.2, 0.25) is 0 Å². The summed E-state index contributed by atoms with van der Waals surface area (Å²) in [6.45, 7) is 12.8. The van der Waals surface area contributed by atoms with Crippen molar-refractivity contribution in [3.05, 3.63) is 29.6 Å². The zero-order chi connectivity index (χ0) is 15.2. The number of likely N-dealkylation sites (N-methyl/N-ethyl adjacent to an activating group) is 1. The summed E-state index contributed by atoms with van der Waals surface area (Å²) in [6.07, 6.45) is 1.09. The van der Waals surface area contributed by atoms with Crippen molar-refractivity contribution in [1.29, 1.82) is 0 Å². The van der Waals surface area contributed by atoms with Gasteiger partial charge in [-0.05, 0) is 50.2 Å². The van der Waals surface area contributed by atoms with Crippen molar-refractivity contribution in [3.63, 3.8) is 0 Å². The summed E-state index contributed by atoms with van der Waals surface area (Å²) in [5, 5.41) is 3.47. The lowest BCUT2D eigenvalue weighted by molar-refractivity contribution is 0.271. The summed E-state index contributed by atoms with van der Waals surface area (Å²) in [4.78, 5) is 4.85.